The van der Waals surface area contributed by atoms with E-state index >= 15 is 0 Å². The maximum absolute atomic E-state index is 14.0. The summed E-state index contributed by atoms with van der Waals surface area (Å²) in [5, 5.41) is 19.5. The highest BCUT2D eigenvalue weighted by Gasteiger charge is 2.33. The summed E-state index contributed by atoms with van der Waals surface area (Å²) in [4.78, 5) is 28.9. The SMILES string of the molecule is N#Cc1c(C(=O)NCC(F)(F)F)c(-c2ccc(NC(=O)Nc3cc(C(F)(F)F)ccc3F)cc2)c2c(N)ncnn12. The summed E-state index contributed by atoms with van der Waals surface area (Å²) in [5.74, 6) is -2.57. The lowest BCUT2D eigenvalue weighted by Crippen LogP contribution is -2.34. The van der Waals surface area contributed by atoms with Gasteiger partial charge in [-0.15, -0.1) is 0 Å². The number of fused-ring (bicyclic) bond motifs is 1. The van der Waals surface area contributed by atoms with Crippen molar-refractivity contribution in [3.8, 4) is 17.2 Å². The van der Waals surface area contributed by atoms with E-state index in [2.05, 4.69) is 15.4 Å². The lowest BCUT2D eigenvalue weighted by atomic mass is 10.00. The molecule has 0 bridgehead atoms. The summed E-state index contributed by atoms with van der Waals surface area (Å²) in [6.45, 7) is -1.69. The molecule has 17 heteroatoms. The van der Waals surface area contributed by atoms with Crippen molar-refractivity contribution in [1.29, 1.82) is 5.26 Å². The molecule has 10 nitrogen and oxygen atoms in total. The van der Waals surface area contributed by atoms with E-state index in [0.717, 1.165) is 10.8 Å². The van der Waals surface area contributed by atoms with Crippen LogP contribution in [0.3, 0.4) is 0 Å². The summed E-state index contributed by atoms with van der Waals surface area (Å²) in [6, 6.07) is 7.25. The molecule has 3 amide bonds. The van der Waals surface area contributed by atoms with Crippen LogP contribution in [-0.4, -0.2) is 39.3 Å². The second-order valence-corrected chi connectivity index (χ2v) is 8.26. The number of nitrogens with zero attached hydrogens (tertiary/aromatic N) is 4. The first-order valence-corrected chi connectivity index (χ1v) is 11.1. The van der Waals surface area contributed by atoms with E-state index in [9.17, 15) is 45.6 Å². The second-order valence-electron chi connectivity index (χ2n) is 8.26. The molecule has 0 aliphatic carbocycles. The monoisotopic (exact) mass is 580 g/mol. The van der Waals surface area contributed by atoms with Crippen molar-refractivity contribution in [1.82, 2.24) is 19.9 Å². The maximum Gasteiger partial charge on any atom is 0.416 e. The van der Waals surface area contributed by atoms with Crippen LogP contribution >= 0.6 is 0 Å². The normalized spacial score (nSPS) is 11.7. The van der Waals surface area contributed by atoms with Crippen LogP contribution in [0.25, 0.3) is 16.6 Å². The Labute approximate surface area is 224 Å². The molecule has 4 aromatic rings. The minimum Gasteiger partial charge on any atom is -0.382 e. The summed E-state index contributed by atoms with van der Waals surface area (Å²) in [6.07, 6.45) is -8.54. The van der Waals surface area contributed by atoms with Crippen molar-refractivity contribution in [2.75, 3.05) is 22.9 Å². The highest BCUT2D eigenvalue weighted by atomic mass is 19.4. The quantitative estimate of drug-likeness (QED) is 0.246. The number of halogens is 7. The fourth-order valence-electron chi connectivity index (χ4n) is 3.79. The van der Waals surface area contributed by atoms with E-state index in [-0.39, 0.29) is 28.1 Å². The topological polar surface area (TPSA) is 150 Å². The standard InChI is InChI=1S/C24H15F7N8O2/c25-14-6-3-12(24(29,30)31)7-15(14)38-22(41)37-13-4-1-11(2-5-13)17-18(21(40)34-9-23(26,27)28)16(8-32)39-19(17)20(33)35-10-36-39/h1-7,10H,9H2,(H,34,40)(H2,33,35,36)(H2,37,38,41). The molecule has 0 unspecified atom stereocenters. The predicted molar refractivity (Wildman–Crippen MR) is 130 cm³/mol. The molecule has 2 aromatic heterocycles. The zero-order chi connectivity index (χ0) is 30.1. The van der Waals surface area contributed by atoms with Gasteiger partial charge in [0, 0.05) is 11.3 Å². The number of hydrogen-bond donors (Lipinski definition) is 4. The van der Waals surface area contributed by atoms with Gasteiger partial charge >= 0.3 is 18.4 Å². The number of anilines is 3. The minimum atomic E-state index is -4.78. The number of rotatable bonds is 5. The van der Waals surface area contributed by atoms with Crippen LogP contribution in [0.15, 0.2) is 48.8 Å². The zero-order valence-electron chi connectivity index (χ0n) is 20.2. The molecule has 0 aliphatic rings. The molecule has 41 heavy (non-hydrogen) atoms. The van der Waals surface area contributed by atoms with Gasteiger partial charge in [-0.2, -0.15) is 36.7 Å². The molecule has 0 aliphatic heterocycles. The molecule has 4 rings (SSSR count). The van der Waals surface area contributed by atoms with Crippen molar-refractivity contribution < 1.29 is 40.3 Å². The minimum absolute atomic E-state index is 0.0509. The van der Waals surface area contributed by atoms with Crippen molar-refractivity contribution >= 4 is 34.6 Å². The van der Waals surface area contributed by atoms with Crippen molar-refractivity contribution in [2.45, 2.75) is 12.4 Å². The number of aromatic nitrogens is 3. The maximum atomic E-state index is 14.0. The number of carbonyl (C=O) groups excluding carboxylic acids is 2. The number of amides is 3. The first kappa shape index (κ1) is 28.6. The lowest BCUT2D eigenvalue weighted by molar-refractivity contribution is -0.137. The Morgan fingerprint density at radius 2 is 1.71 bits per heavy atom. The highest BCUT2D eigenvalue weighted by molar-refractivity contribution is 6.09. The van der Waals surface area contributed by atoms with E-state index in [1.54, 1.807) is 11.4 Å². The van der Waals surface area contributed by atoms with Gasteiger partial charge in [0.15, 0.2) is 11.5 Å². The van der Waals surface area contributed by atoms with Gasteiger partial charge in [0.2, 0.25) is 0 Å². The first-order chi connectivity index (χ1) is 19.2. The molecule has 0 spiro atoms. The fourth-order valence-corrected chi connectivity index (χ4v) is 3.79. The van der Waals surface area contributed by atoms with E-state index in [1.807, 2.05) is 5.32 Å². The third-order valence-electron chi connectivity index (χ3n) is 5.51. The zero-order valence-corrected chi connectivity index (χ0v) is 20.2. The molecular formula is C24H15F7N8O2. The summed E-state index contributed by atoms with van der Waals surface area (Å²) in [5.41, 5.74) is 3.19. The van der Waals surface area contributed by atoms with Crippen LogP contribution in [-0.2, 0) is 6.18 Å². The summed E-state index contributed by atoms with van der Waals surface area (Å²) >= 11 is 0. The Bertz CT molecular complexity index is 1690. The number of urea groups is 1. The van der Waals surface area contributed by atoms with Gasteiger partial charge in [-0.05, 0) is 35.9 Å². The Morgan fingerprint density at radius 1 is 1.02 bits per heavy atom. The van der Waals surface area contributed by atoms with Crippen molar-refractivity contribution in [3.63, 3.8) is 0 Å². The van der Waals surface area contributed by atoms with Crippen LogP contribution < -0.4 is 21.7 Å². The highest BCUT2D eigenvalue weighted by Crippen LogP contribution is 2.36. The Morgan fingerprint density at radius 3 is 2.32 bits per heavy atom. The number of carbonyl (C=O) groups is 2. The van der Waals surface area contributed by atoms with Gasteiger partial charge in [-0.3, -0.25) is 4.79 Å². The van der Waals surface area contributed by atoms with Gasteiger partial charge in [0.25, 0.3) is 5.91 Å². The Balaban J connectivity index is 1.66. The lowest BCUT2D eigenvalue weighted by Gasteiger charge is -2.12. The van der Waals surface area contributed by atoms with E-state index < -0.39 is 59.2 Å². The van der Waals surface area contributed by atoms with Crippen molar-refractivity contribution in [3.05, 3.63) is 71.4 Å². The van der Waals surface area contributed by atoms with E-state index in [4.69, 9.17) is 5.73 Å². The molecule has 2 heterocycles. The molecule has 0 saturated carbocycles. The molecule has 5 N–H and O–H groups in total. The van der Waals surface area contributed by atoms with Gasteiger partial charge < -0.3 is 21.7 Å². The molecule has 0 saturated heterocycles. The summed E-state index contributed by atoms with van der Waals surface area (Å²) < 4.78 is 91.9. The Hall–Kier alpha value is -5.40. The number of nitrogens with one attached hydrogen (secondary N) is 3. The summed E-state index contributed by atoms with van der Waals surface area (Å²) in [7, 11) is 0. The average molecular weight is 580 g/mol. The van der Waals surface area contributed by atoms with E-state index in [1.165, 1.54) is 24.3 Å². The molecule has 212 valence electrons. The van der Waals surface area contributed by atoms with Gasteiger partial charge in [0.1, 0.15) is 30.3 Å². The van der Waals surface area contributed by atoms with Gasteiger partial charge in [0.05, 0.1) is 16.8 Å². The Kier molecular flexibility index (Phi) is 7.42. The third kappa shape index (κ3) is 6.11. The van der Waals surface area contributed by atoms with E-state index in [0.29, 0.717) is 18.2 Å². The first-order valence-electron chi connectivity index (χ1n) is 11.1. The number of benzene rings is 2. The smallest absolute Gasteiger partial charge is 0.382 e. The molecule has 0 fully saturated rings. The van der Waals surface area contributed by atoms with Gasteiger partial charge in [-0.1, -0.05) is 12.1 Å². The number of nitriles is 1. The molecule has 0 atom stereocenters. The molecule has 2 aromatic carbocycles. The van der Waals surface area contributed by atoms with Crippen molar-refractivity contribution in [2.24, 2.45) is 0 Å². The third-order valence-corrected chi connectivity index (χ3v) is 5.51. The fraction of sp³-hybridized carbons (Fsp3) is 0.125. The predicted octanol–water partition coefficient (Wildman–Crippen LogP) is 4.94. The average Bonchev–Trinajstić information content (AvgIpc) is 3.23. The van der Waals surface area contributed by atoms with Crippen LogP contribution in [0.4, 0.5) is 52.7 Å². The number of alkyl halides is 6. The largest absolute Gasteiger partial charge is 0.416 e. The van der Waals surface area contributed by atoms with Crippen LogP contribution in [0, 0.1) is 17.1 Å². The second kappa shape index (κ2) is 10.6. The number of nitrogens with two attached hydrogens (primary N) is 1. The van der Waals surface area contributed by atoms with Crippen LogP contribution in [0.5, 0.6) is 0 Å². The van der Waals surface area contributed by atoms with Crippen LogP contribution in [0.2, 0.25) is 0 Å². The number of nitrogen functional groups attached to an aromatic ring is 1. The molecule has 0 radical (unpaired) electrons. The van der Waals surface area contributed by atoms with Crippen LogP contribution in [0.1, 0.15) is 21.6 Å². The molecular weight excluding hydrogens is 565 g/mol. The number of hydrogen-bond acceptors (Lipinski definition) is 6. The van der Waals surface area contributed by atoms with Gasteiger partial charge in [-0.25, -0.2) is 18.7 Å².